The summed E-state index contributed by atoms with van der Waals surface area (Å²) in [5.74, 6) is 0. The molecule has 0 aromatic heterocycles. The van der Waals surface area contributed by atoms with E-state index in [1.807, 2.05) is 32.0 Å². The molecule has 0 bridgehead atoms. The predicted octanol–water partition coefficient (Wildman–Crippen LogP) is 3.36. The van der Waals surface area contributed by atoms with Crippen molar-refractivity contribution in [2.24, 2.45) is 0 Å². The molecule has 0 aliphatic carbocycles. The van der Waals surface area contributed by atoms with Crippen LogP contribution in [0.5, 0.6) is 0 Å². The van der Waals surface area contributed by atoms with Crippen molar-refractivity contribution >= 4 is 34.6 Å². The number of nitrogens with one attached hydrogen (secondary N) is 2. The van der Waals surface area contributed by atoms with Gasteiger partial charge in [-0.2, -0.15) is 0 Å². The zero-order valence-corrected chi connectivity index (χ0v) is 12.3. The molecule has 0 atom stereocenters. The van der Waals surface area contributed by atoms with E-state index in [1.54, 1.807) is 0 Å². The summed E-state index contributed by atoms with van der Waals surface area (Å²) in [4.78, 5) is 0. The maximum atomic E-state index is 5.94. The van der Waals surface area contributed by atoms with Gasteiger partial charge in [0, 0.05) is 30.5 Å². The molecule has 18 heavy (non-hydrogen) atoms. The summed E-state index contributed by atoms with van der Waals surface area (Å²) in [5.41, 5.74) is 2.04. The van der Waals surface area contributed by atoms with Crippen LogP contribution in [0, 0.1) is 6.92 Å². The standard InChI is InChI=1S/C13H19ClN2OS/c1-3-17-8-4-7-15-13(18)16-12-9-11(14)6-5-10(12)2/h5-6,9H,3-4,7-8H2,1-2H3,(H2,15,16,18). The second-order valence-corrected chi connectivity index (χ2v) is 4.74. The van der Waals surface area contributed by atoms with Crippen LogP contribution in [-0.2, 0) is 4.74 Å². The Balaban J connectivity index is 2.33. The Hall–Kier alpha value is -0.840. The van der Waals surface area contributed by atoms with E-state index in [0.29, 0.717) is 10.1 Å². The first kappa shape index (κ1) is 15.2. The summed E-state index contributed by atoms with van der Waals surface area (Å²) in [6.07, 6.45) is 0.935. The highest BCUT2D eigenvalue weighted by molar-refractivity contribution is 7.80. The van der Waals surface area contributed by atoms with E-state index in [0.717, 1.165) is 37.4 Å². The van der Waals surface area contributed by atoms with E-state index >= 15 is 0 Å². The highest BCUT2D eigenvalue weighted by atomic mass is 35.5. The van der Waals surface area contributed by atoms with E-state index in [-0.39, 0.29) is 0 Å². The van der Waals surface area contributed by atoms with Gasteiger partial charge in [-0.25, -0.2) is 0 Å². The fraction of sp³-hybridized carbons (Fsp3) is 0.462. The third kappa shape index (κ3) is 5.67. The number of halogens is 1. The lowest BCUT2D eigenvalue weighted by molar-refractivity contribution is 0.146. The number of hydrogen-bond donors (Lipinski definition) is 2. The Morgan fingerprint density at radius 3 is 2.94 bits per heavy atom. The maximum absolute atomic E-state index is 5.94. The van der Waals surface area contributed by atoms with E-state index in [1.165, 1.54) is 0 Å². The molecule has 0 saturated heterocycles. The Bertz CT molecular complexity index is 399. The van der Waals surface area contributed by atoms with Gasteiger partial charge >= 0.3 is 0 Å². The SMILES string of the molecule is CCOCCCNC(=S)Nc1cc(Cl)ccc1C. The molecule has 2 N–H and O–H groups in total. The number of anilines is 1. The van der Waals surface area contributed by atoms with Crippen LogP contribution in [0.4, 0.5) is 5.69 Å². The van der Waals surface area contributed by atoms with Gasteiger partial charge in [-0.15, -0.1) is 0 Å². The number of ether oxygens (including phenoxy) is 1. The maximum Gasteiger partial charge on any atom is 0.170 e. The third-order valence-electron chi connectivity index (χ3n) is 2.40. The minimum atomic E-state index is 0.608. The van der Waals surface area contributed by atoms with E-state index in [2.05, 4.69) is 10.6 Å². The van der Waals surface area contributed by atoms with E-state index < -0.39 is 0 Å². The first-order valence-corrected chi connectivity index (χ1v) is 6.81. The van der Waals surface area contributed by atoms with Gasteiger partial charge in [-0.1, -0.05) is 17.7 Å². The quantitative estimate of drug-likeness (QED) is 0.621. The van der Waals surface area contributed by atoms with Crippen LogP contribution in [0.2, 0.25) is 5.02 Å². The van der Waals surface area contributed by atoms with Gasteiger partial charge in [-0.05, 0) is 50.2 Å². The van der Waals surface area contributed by atoms with Gasteiger partial charge in [0.25, 0.3) is 0 Å². The molecule has 0 heterocycles. The van der Waals surface area contributed by atoms with Crippen molar-refractivity contribution in [3.8, 4) is 0 Å². The fourth-order valence-electron chi connectivity index (χ4n) is 1.42. The fourth-order valence-corrected chi connectivity index (χ4v) is 1.80. The summed E-state index contributed by atoms with van der Waals surface area (Å²) >= 11 is 11.2. The van der Waals surface area contributed by atoms with Crippen LogP contribution in [0.3, 0.4) is 0 Å². The topological polar surface area (TPSA) is 33.3 Å². The van der Waals surface area contributed by atoms with Crippen LogP contribution in [0.15, 0.2) is 18.2 Å². The minimum Gasteiger partial charge on any atom is -0.382 e. The summed E-state index contributed by atoms with van der Waals surface area (Å²) in [6, 6.07) is 5.69. The molecule has 0 unspecified atom stereocenters. The minimum absolute atomic E-state index is 0.608. The van der Waals surface area contributed by atoms with Crippen molar-refractivity contribution in [3.63, 3.8) is 0 Å². The number of thiocarbonyl (C=S) groups is 1. The number of rotatable bonds is 6. The van der Waals surface area contributed by atoms with E-state index in [4.69, 9.17) is 28.6 Å². The summed E-state index contributed by atoms with van der Waals surface area (Å²) < 4.78 is 5.25. The van der Waals surface area contributed by atoms with E-state index in [9.17, 15) is 0 Å². The molecule has 0 amide bonds. The highest BCUT2D eigenvalue weighted by Gasteiger charge is 2.01. The smallest absolute Gasteiger partial charge is 0.170 e. The van der Waals surface area contributed by atoms with Crippen LogP contribution >= 0.6 is 23.8 Å². The first-order valence-electron chi connectivity index (χ1n) is 6.02. The van der Waals surface area contributed by atoms with Crippen LogP contribution in [0.1, 0.15) is 18.9 Å². The normalized spacial score (nSPS) is 10.2. The molecule has 0 saturated carbocycles. The van der Waals surface area contributed by atoms with Crippen LogP contribution < -0.4 is 10.6 Å². The van der Waals surface area contributed by atoms with Crippen molar-refractivity contribution < 1.29 is 4.74 Å². The van der Waals surface area contributed by atoms with Gasteiger partial charge < -0.3 is 15.4 Å². The molecule has 3 nitrogen and oxygen atoms in total. The Morgan fingerprint density at radius 1 is 1.44 bits per heavy atom. The molecule has 100 valence electrons. The summed E-state index contributed by atoms with van der Waals surface area (Å²) in [5, 5.41) is 7.58. The van der Waals surface area contributed by atoms with Crippen molar-refractivity contribution in [1.29, 1.82) is 0 Å². The molecular weight excluding hydrogens is 268 g/mol. The molecule has 0 aliphatic heterocycles. The monoisotopic (exact) mass is 286 g/mol. The van der Waals surface area contributed by atoms with Crippen molar-refractivity contribution in [2.45, 2.75) is 20.3 Å². The molecular formula is C13H19ClN2OS. The van der Waals surface area contributed by atoms with Crippen molar-refractivity contribution in [1.82, 2.24) is 5.32 Å². The van der Waals surface area contributed by atoms with Gasteiger partial charge in [0.15, 0.2) is 5.11 Å². The largest absolute Gasteiger partial charge is 0.382 e. The average molecular weight is 287 g/mol. The number of aryl methyl sites for hydroxylation is 1. The van der Waals surface area contributed by atoms with Gasteiger partial charge in [0.05, 0.1) is 0 Å². The lowest BCUT2D eigenvalue weighted by Gasteiger charge is -2.12. The number of hydrogen-bond acceptors (Lipinski definition) is 2. The predicted molar refractivity (Wildman–Crippen MR) is 81.5 cm³/mol. The molecule has 0 fully saturated rings. The lowest BCUT2D eigenvalue weighted by Crippen LogP contribution is -2.30. The molecule has 0 aliphatic rings. The Labute approximate surface area is 119 Å². The number of benzene rings is 1. The average Bonchev–Trinajstić information content (AvgIpc) is 2.33. The Morgan fingerprint density at radius 2 is 2.22 bits per heavy atom. The second-order valence-electron chi connectivity index (χ2n) is 3.89. The zero-order valence-electron chi connectivity index (χ0n) is 10.8. The molecule has 1 aromatic rings. The second kappa shape index (κ2) is 8.29. The van der Waals surface area contributed by atoms with Crippen LogP contribution in [0.25, 0.3) is 0 Å². The third-order valence-corrected chi connectivity index (χ3v) is 2.88. The summed E-state index contributed by atoms with van der Waals surface area (Å²) in [6.45, 7) is 6.30. The van der Waals surface area contributed by atoms with Gasteiger partial charge in [0.1, 0.15) is 0 Å². The molecule has 1 aromatic carbocycles. The van der Waals surface area contributed by atoms with Gasteiger partial charge in [0.2, 0.25) is 0 Å². The highest BCUT2D eigenvalue weighted by Crippen LogP contribution is 2.19. The molecule has 5 heteroatoms. The summed E-state index contributed by atoms with van der Waals surface area (Å²) in [7, 11) is 0. The van der Waals surface area contributed by atoms with Crippen molar-refractivity contribution in [3.05, 3.63) is 28.8 Å². The molecule has 1 rings (SSSR count). The lowest BCUT2D eigenvalue weighted by atomic mass is 10.2. The molecule has 0 radical (unpaired) electrons. The zero-order chi connectivity index (χ0) is 13.4. The Kier molecular flexibility index (Phi) is 7.01. The van der Waals surface area contributed by atoms with Gasteiger partial charge in [-0.3, -0.25) is 0 Å². The molecule has 0 spiro atoms. The van der Waals surface area contributed by atoms with Crippen LogP contribution in [-0.4, -0.2) is 24.9 Å². The van der Waals surface area contributed by atoms with Crippen molar-refractivity contribution in [2.75, 3.05) is 25.1 Å². The first-order chi connectivity index (χ1) is 8.63.